The van der Waals surface area contributed by atoms with Crippen LogP contribution in [-0.2, 0) is 17.8 Å². The van der Waals surface area contributed by atoms with Gasteiger partial charge in [-0.15, -0.1) is 0 Å². The molecular weight excluding hydrogens is 362 g/mol. The number of carbonyl (C=O) groups excluding carboxylic acids is 1. The number of hydrogen-bond donors (Lipinski definition) is 1. The van der Waals surface area contributed by atoms with Crippen LogP contribution in [0.4, 0.5) is 11.4 Å². The molecule has 1 amide bonds. The van der Waals surface area contributed by atoms with E-state index in [0.29, 0.717) is 29.3 Å². The molecule has 0 atom stereocenters. The summed E-state index contributed by atoms with van der Waals surface area (Å²) in [5.41, 5.74) is 3.18. The van der Waals surface area contributed by atoms with Gasteiger partial charge in [-0.25, -0.2) is 0 Å². The zero-order valence-electron chi connectivity index (χ0n) is 16.2. The predicted molar refractivity (Wildman–Crippen MR) is 105 cm³/mol. The highest BCUT2D eigenvalue weighted by atomic mass is 16.6. The van der Waals surface area contributed by atoms with Gasteiger partial charge in [0.15, 0.2) is 11.5 Å². The Balaban J connectivity index is 1.68. The minimum Gasteiger partial charge on any atom is -0.493 e. The van der Waals surface area contributed by atoms with E-state index in [0.717, 1.165) is 18.5 Å². The summed E-state index contributed by atoms with van der Waals surface area (Å²) in [5.74, 6) is 1.17. The summed E-state index contributed by atoms with van der Waals surface area (Å²) in [6.07, 6.45) is 0.804. The number of amides is 1. The van der Waals surface area contributed by atoms with Crippen molar-refractivity contribution in [2.24, 2.45) is 0 Å². The van der Waals surface area contributed by atoms with Crippen LogP contribution in [0.2, 0.25) is 0 Å². The number of nitro benzene ring substituents is 1. The van der Waals surface area contributed by atoms with Gasteiger partial charge in [0.05, 0.1) is 36.9 Å². The Morgan fingerprint density at radius 2 is 1.89 bits per heavy atom. The quantitative estimate of drug-likeness (QED) is 0.607. The van der Waals surface area contributed by atoms with Crippen molar-refractivity contribution in [2.45, 2.75) is 19.9 Å². The van der Waals surface area contributed by atoms with E-state index < -0.39 is 4.92 Å². The van der Waals surface area contributed by atoms with Crippen molar-refractivity contribution < 1.29 is 19.2 Å². The number of methoxy groups -OCH3 is 2. The van der Waals surface area contributed by atoms with Gasteiger partial charge in [-0.1, -0.05) is 6.07 Å². The Hall–Kier alpha value is -3.13. The fourth-order valence-electron chi connectivity index (χ4n) is 3.43. The molecule has 1 N–H and O–H groups in total. The highest BCUT2D eigenvalue weighted by Crippen LogP contribution is 2.33. The number of ether oxygens (including phenoxy) is 2. The minimum atomic E-state index is -0.450. The van der Waals surface area contributed by atoms with Crippen molar-refractivity contribution in [1.29, 1.82) is 0 Å². The fourth-order valence-corrected chi connectivity index (χ4v) is 3.43. The van der Waals surface area contributed by atoms with Crippen LogP contribution in [0, 0.1) is 17.0 Å². The van der Waals surface area contributed by atoms with E-state index in [1.165, 1.54) is 11.6 Å². The molecule has 0 bridgehead atoms. The third-order valence-electron chi connectivity index (χ3n) is 4.94. The average molecular weight is 385 g/mol. The fraction of sp³-hybridized carbons (Fsp3) is 0.350. The van der Waals surface area contributed by atoms with Crippen molar-refractivity contribution in [1.82, 2.24) is 4.90 Å². The lowest BCUT2D eigenvalue weighted by Gasteiger charge is -2.29. The van der Waals surface area contributed by atoms with E-state index in [2.05, 4.69) is 5.32 Å². The number of hydrogen-bond acceptors (Lipinski definition) is 6. The molecule has 2 aromatic rings. The van der Waals surface area contributed by atoms with Crippen LogP contribution >= 0.6 is 0 Å². The van der Waals surface area contributed by atoms with E-state index in [1.807, 2.05) is 17.0 Å². The summed E-state index contributed by atoms with van der Waals surface area (Å²) < 4.78 is 10.7. The van der Waals surface area contributed by atoms with Gasteiger partial charge in [-0.05, 0) is 42.7 Å². The third kappa shape index (κ3) is 4.07. The smallest absolute Gasteiger partial charge is 0.274 e. The maximum Gasteiger partial charge on any atom is 0.274 e. The molecule has 0 saturated heterocycles. The zero-order valence-corrected chi connectivity index (χ0v) is 16.2. The number of anilines is 1. The van der Waals surface area contributed by atoms with Crippen LogP contribution in [-0.4, -0.2) is 43.0 Å². The molecule has 3 rings (SSSR count). The lowest BCUT2D eigenvalue weighted by molar-refractivity contribution is -0.385. The van der Waals surface area contributed by atoms with Crippen LogP contribution in [0.1, 0.15) is 16.7 Å². The van der Waals surface area contributed by atoms with Crippen LogP contribution < -0.4 is 14.8 Å². The lowest BCUT2D eigenvalue weighted by Crippen LogP contribution is -2.37. The summed E-state index contributed by atoms with van der Waals surface area (Å²) in [7, 11) is 3.21. The minimum absolute atomic E-state index is 0.00857. The summed E-state index contributed by atoms with van der Waals surface area (Å²) >= 11 is 0. The summed E-state index contributed by atoms with van der Waals surface area (Å²) in [6, 6.07) is 8.59. The lowest BCUT2D eigenvalue weighted by atomic mass is 9.99. The van der Waals surface area contributed by atoms with Crippen LogP contribution in [0.25, 0.3) is 0 Å². The van der Waals surface area contributed by atoms with Crippen LogP contribution in [0.15, 0.2) is 30.3 Å². The van der Waals surface area contributed by atoms with E-state index in [1.54, 1.807) is 33.3 Å². The third-order valence-corrected chi connectivity index (χ3v) is 4.94. The first kappa shape index (κ1) is 19.6. The molecule has 1 heterocycles. The Labute approximate surface area is 163 Å². The Kier molecular flexibility index (Phi) is 5.79. The molecule has 28 heavy (non-hydrogen) atoms. The van der Waals surface area contributed by atoms with Crippen molar-refractivity contribution in [3.8, 4) is 11.5 Å². The number of nitrogens with one attached hydrogen (secondary N) is 1. The molecule has 0 saturated carbocycles. The zero-order chi connectivity index (χ0) is 20.3. The van der Waals surface area contributed by atoms with Gasteiger partial charge in [0.2, 0.25) is 5.91 Å². The Morgan fingerprint density at radius 3 is 2.54 bits per heavy atom. The van der Waals surface area contributed by atoms with Gasteiger partial charge in [-0.3, -0.25) is 19.8 Å². The van der Waals surface area contributed by atoms with E-state index in [-0.39, 0.29) is 18.1 Å². The molecule has 1 aliphatic rings. The molecule has 148 valence electrons. The van der Waals surface area contributed by atoms with Gasteiger partial charge in [0.1, 0.15) is 0 Å². The molecule has 0 radical (unpaired) electrons. The van der Waals surface area contributed by atoms with Gasteiger partial charge in [-0.2, -0.15) is 0 Å². The summed E-state index contributed by atoms with van der Waals surface area (Å²) in [5, 5.41) is 13.8. The molecule has 2 aromatic carbocycles. The molecule has 0 fully saturated rings. The number of benzene rings is 2. The van der Waals surface area contributed by atoms with Gasteiger partial charge >= 0.3 is 0 Å². The first-order valence-electron chi connectivity index (χ1n) is 8.93. The van der Waals surface area contributed by atoms with Crippen LogP contribution in [0.3, 0.4) is 0 Å². The second kappa shape index (κ2) is 8.26. The predicted octanol–water partition coefficient (Wildman–Crippen LogP) is 2.92. The standard InChI is InChI=1S/C20H23N3O5/c1-13-16(5-4-6-17(13)23(25)26)21-20(24)12-22-8-7-14-9-18(27-2)19(28-3)10-15(14)11-22/h4-6,9-10H,7-8,11-12H2,1-3H3,(H,21,24). The number of nitrogens with zero attached hydrogens (tertiary/aromatic N) is 2. The average Bonchev–Trinajstić information content (AvgIpc) is 2.68. The maximum absolute atomic E-state index is 12.5. The van der Waals surface area contributed by atoms with Crippen molar-refractivity contribution in [3.63, 3.8) is 0 Å². The second-order valence-electron chi connectivity index (χ2n) is 6.69. The SMILES string of the molecule is COc1cc2c(cc1OC)CN(CC(=O)Nc1cccc([N+](=O)[O-])c1C)CC2. The van der Waals surface area contributed by atoms with Crippen molar-refractivity contribution in [3.05, 3.63) is 57.1 Å². The van der Waals surface area contributed by atoms with Gasteiger partial charge in [0.25, 0.3) is 5.69 Å². The molecule has 1 aliphatic heterocycles. The Bertz CT molecular complexity index is 913. The highest BCUT2D eigenvalue weighted by Gasteiger charge is 2.22. The largest absolute Gasteiger partial charge is 0.493 e. The molecule has 0 aliphatic carbocycles. The van der Waals surface area contributed by atoms with E-state index >= 15 is 0 Å². The summed E-state index contributed by atoms with van der Waals surface area (Å²) in [4.78, 5) is 25.1. The monoisotopic (exact) mass is 385 g/mol. The molecule has 8 heteroatoms. The van der Waals surface area contributed by atoms with E-state index in [9.17, 15) is 14.9 Å². The maximum atomic E-state index is 12.5. The van der Waals surface area contributed by atoms with E-state index in [4.69, 9.17) is 9.47 Å². The number of fused-ring (bicyclic) bond motifs is 1. The second-order valence-corrected chi connectivity index (χ2v) is 6.69. The van der Waals surface area contributed by atoms with Crippen molar-refractivity contribution in [2.75, 3.05) is 32.6 Å². The normalized spacial score (nSPS) is 13.5. The molecule has 8 nitrogen and oxygen atoms in total. The topological polar surface area (TPSA) is 93.9 Å². The summed E-state index contributed by atoms with van der Waals surface area (Å²) in [6.45, 7) is 3.20. The number of rotatable bonds is 6. The number of carbonyl (C=O) groups is 1. The number of nitro groups is 1. The Morgan fingerprint density at radius 1 is 1.21 bits per heavy atom. The van der Waals surface area contributed by atoms with Crippen molar-refractivity contribution >= 4 is 17.3 Å². The van der Waals surface area contributed by atoms with Gasteiger partial charge in [0, 0.05) is 19.2 Å². The molecule has 0 spiro atoms. The van der Waals surface area contributed by atoms with Crippen LogP contribution in [0.5, 0.6) is 11.5 Å². The van der Waals surface area contributed by atoms with Gasteiger partial charge < -0.3 is 14.8 Å². The molecular formula is C20H23N3O5. The highest BCUT2D eigenvalue weighted by molar-refractivity contribution is 5.93. The first-order chi connectivity index (χ1) is 13.4. The molecule has 0 aromatic heterocycles. The molecule has 0 unspecified atom stereocenters. The first-order valence-corrected chi connectivity index (χ1v) is 8.93.